The molecule has 3 aromatic heterocycles. The molecule has 0 radical (unpaired) electrons. The summed E-state index contributed by atoms with van der Waals surface area (Å²) in [5.41, 5.74) is 36.8. The number of rotatable bonds is 18. The van der Waals surface area contributed by atoms with E-state index in [2.05, 4.69) is 500 Å². The van der Waals surface area contributed by atoms with Crippen molar-refractivity contribution in [3.63, 3.8) is 0 Å². The van der Waals surface area contributed by atoms with E-state index in [1.807, 2.05) is 42.5 Å². The van der Waals surface area contributed by atoms with Crippen LogP contribution in [-0.4, -0.2) is 0 Å². The second-order valence-electron chi connectivity index (χ2n) is 33.1. The largest absolute Gasteiger partial charge is 0.456 e. The van der Waals surface area contributed by atoms with Crippen molar-refractivity contribution in [1.29, 1.82) is 0 Å². The molecule has 0 aliphatic rings. The van der Waals surface area contributed by atoms with Crippen molar-refractivity contribution in [2.45, 2.75) is 0 Å². The van der Waals surface area contributed by atoms with E-state index in [9.17, 15) is 0 Å². The molecule has 0 spiro atoms. The van der Waals surface area contributed by atoms with Gasteiger partial charge in [0, 0.05) is 83.5 Å². The first-order chi connectivity index (χ1) is 65.4. The van der Waals surface area contributed by atoms with E-state index in [4.69, 9.17) is 13.3 Å². The molecule has 0 unspecified atom stereocenters. The van der Waals surface area contributed by atoms with Crippen LogP contribution >= 0.6 is 0 Å². The Kier molecular flexibility index (Phi) is 22.1. The van der Waals surface area contributed by atoms with Crippen LogP contribution in [0, 0.1) is 0 Å². The van der Waals surface area contributed by atoms with Gasteiger partial charge in [-0.15, -0.1) is 0 Å². The zero-order chi connectivity index (χ0) is 87.9. The number of para-hydroxylation sites is 5. The average molecular weight is 1690 g/mol. The third kappa shape index (κ3) is 16.8. The zero-order valence-electron chi connectivity index (χ0n) is 72.3. The van der Waals surface area contributed by atoms with Gasteiger partial charge in [0.05, 0.1) is 0 Å². The van der Waals surface area contributed by atoms with E-state index in [0.717, 1.165) is 145 Å². The van der Waals surface area contributed by atoms with Gasteiger partial charge in [-0.2, -0.15) is 0 Å². The first kappa shape index (κ1) is 80.3. The Morgan fingerprint density at radius 3 is 0.455 bits per heavy atom. The van der Waals surface area contributed by atoms with Crippen LogP contribution in [0.25, 0.3) is 166 Å². The van der Waals surface area contributed by atoms with E-state index in [1.54, 1.807) is 0 Å². The molecule has 6 nitrogen and oxygen atoms in total. The molecule has 0 fully saturated rings. The average Bonchev–Trinajstić information content (AvgIpc) is 0.923. The summed E-state index contributed by atoms with van der Waals surface area (Å²) in [6.45, 7) is 0. The summed E-state index contributed by atoms with van der Waals surface area (Å²) >= 11 is 0. The smallest absolute Gasteiger partial charge is 0.136 e. The normalized spacial score (nSPS) is 11.2. The molecule has 3 heterocycles. The Balaban J connectivity index is 0.000000117. The fourth-order valence-corrected chi connectivity index (χ4v) is 18.1. The lowest BCUT2D eigenvalue weighted by molar-refractivity contribution is 0.668. The summed E-state index contributed by atoms with van der Waals surface area (Å²) in [4.78, 5) is 6.90. The van der Waals surface area contributed by atoms with Crippen molar-refractivity contribution < 1.29 is 13.3 Å². The van der Waals surface area contributed by atoms with Gasteiger partial charge in [-0.1, -0.05) is 358 Å². The Labute approximate surface area is 767 Å². The summed E-state index contributed by atoms with van der Waals surface area (Å²) in [6, 6.07) is 186. The maximum Gasteiger partial charge on any atom is 0.136 e. The fraction of sp³-hybridized carbons (Fsp3) is 0. The van der Waals surface area contributed by atoms with Crippen LogP contribution in [-0.2, 0) is 0 Å². The second-order valence-corrected chi connectivity index (χ2v) is 33.1. The molecule has 0 saturated carbocycles. The molecule has 132 heavy (non-hydrogen) atoms. The van der Waals surface area contributed by atoms with Gasteiger partial charge < -0.3 is 28.0 Å². The quantitative estimate of drug-likeness (QED) is 0.0853. The molecule has 0 saturated heterocycles. The summed E-state index contributed by atoms with van der Waals surface area (Å²) in [7, 11) is 0. The number of fused-ring (bicyclic) bond motifs is 9. The Morgan fingerprint density at radius 2 is 0.235 bits per heavy atom. The zero-order valence-corrected chi connectivity index (χ0v) is 72.3. The van der Waals surface area contributed by atoms with E-state index >= 15 is 0 Å². The van der Waals surface area contributed by atoms with Crippen LogP contribution in [0.5, 0.6) is 0 Å². The lowest BCUT2D eigenvalue weighted by atomic mass is 9.99. The highest BCUT2D eigenvalue weighted by Crippen LogP contribution is 2.44. The van der Waals surface area contributed by atoms with Crippen molar-refractivity contribution >= 4 is 117 Å². The van der Waals surface area contributed by atoms with Crippen molar-refractivity contribution in [2.75, 3.05) is 14.7 Å². The van der Waals surface area contributed by atoms with Crippen LogP contribution in [0.3, 0.4) is 0 Å². The number of hydrogen-bond donors (Lipinski definition) is 0. The van der Waals surface area contributed by atoms with Gasteiger partial charge in [0.15, 0.2) is 0 Å². The summed E-state index contributed by atoms with van der Waals surface area (Å²) in [5.74, 6) is 0. The minimum absolute atomic E-state index is 0.894. The van der Waals surface area contributed by atoms with E-state index in [0.29, 0.717) is 0 Å². The van der Waals surface area contributed by atoms with E-state index in [1.165, 1.54) is 72.3 Å². The molecule has 0 aliphatic carbocycles. The predicted molar refractivity (Wildman–Crippen MR) is 554 cm³/mol. The first-order valence-electron chi connectivity index (χ1n) is 44.8. The fourth-order valence-electron chi connectivity index (χ4n) is 18.1. The van der Waals surface area contributed by atoms with Crippen LogP contribution in [0.1, 0.15) is 0 Å². The third-order valence-corrected chi connectivity index (χ3v) is 24.9. The molecular weight excluding hydrogens is 1600 g/mol. The van der Waals surface area contributed by atoms with Crippen molar-refractivity contribution in [3.8, 4) is 100 Å². The summed E-state index contributed by atoms with van der Waals surface area (Å²) in [6.07, 6.45) is 0. The lowest BCUT2D eigenvalue weighted by Gasteiger charge is -2.26. The molecule has 0 N–H and O–H groups in total. The van der Waals surface area contributed by atoms with Crippen molar-refractivity contribution in [2.24, 2.45) is 0 Å². The minimum Gasteiger partial charge on any atom is -0.456 e. The maximum atomic E-state index is 6.43. The second kappa shape index (κ2) is 36.4. The Bertz CT molecular complexity index is 7950. The monoisotopic (exact) mass is 1690 g/mol. The van der Waals surface area contributed by atoms with E-state index < -0.39 is 0 Å². The van der Waals surface area contributed by atoms with Gasteiger partial charge in [-0.3, -0.25) is 0 Å². The maximum absolute atomic E-state index is 6.43. The number of hydrogen-bond acceptors (Lipinski definition) is 6. The van der Waals surface area contributed by atoms with Crippen LogP contribution in [0.2, 0.25) is 0 Å². The van der Waals surface area contributed by atoms with Crippen molar-refractivity contribution in [3.05, 3.63) is 528 Å². The summed E-state index contributed by atoms with van der Waals surface area (Å²) in [5, 5.41) is 6.88. The van der Waals surface area contributed by atoms with Gasteiger partial charge >= 0.3 is 0 Å². The number of benzene rings is 21. The summed E-state index contributed by atoms with van der Waals surface area (Å²) < 4.78 is 18.7. The standard InChI is InChI=1S/C48H33NO.C42H29NO.C36H25NO/c1-4-10-34(11-5-1)37-16-24-42(25-17-37)49(43-26-18-38(19-27-43)35-12-6-2-7-13-35)44-28-20-39(21-29-44)41-23-31-46-45-30-22-40(36-14-8-3-9-15-36)32-47(45)50-48(46)33-41;1-3-9-30(10-4-1)32-19-24-37(25-20-32)43(36-11-5-2-6-12-36)38-26-21-33(22-27-38)31-15-17-34(18-16-31)35-23-28-40-39-13-7-8-14-41(39)44-42(40)29-35;1-3-9-30(10-4-1)37(31-11-5-2-6-12-31)32-22-19-27(20-23-32)26-15-17-28(18-16-26)29-21-24-34-33-13-7-8-14-35(33)38-36(34)25-29/h1-33H;1-29H;1-25H. The third-order valence-electron chi connectivity index (χ3n) is 24.9. The van der Waals surface area contributed by atoms with Gasteiger partial charge in [-0.05, 0) is 270 Å². The predicted octanol–water partition coefficient (Wildman–Crippen LogP) is 36.2. The molecular formula is C126H87N3O3. The molecule has 0 amide bonds. The Hall–Kier alpha value is -17.6. The molecule has 0 aliphatic heterocycles. The van der Waals surface area contributed by atoms with Gasteiger partial charge in [-0.25, -0.2) is 0 Å². The molecule has 24 aromatic rings. The molecule has 21 aromatic carbocycles. The molecule has 0 atom stereocenters. The van der Waals surface area contributed by atoms with Crippen LogP contribution in [0.4, 0.5) is 51.2 Å². The highest BCUT2D eigenvalue weighted by molar-refractivity contribution is 6.09. The van der Waals surface area contributed by atoms with Crippen molar-refractivity contribution in [1.82, 2.24) is 0 Å². The molecule has 24 rings (SSSR count). The molecule has 6 heteroatoms. The Morgan fingerprint density at radius 1 is 0.0985 bits per heavy atom. The van der Waals surface area contributed by atoms with E-state index in [-0.39, 0.29) is 0 Å². The SMILES string of the molecule is c1ccc(-c2ccc(N(c3ccc(-c4ccccc4)cc3)c3ccc(-c4ccc5c(c4)oc4cc(-c6ccccc6)ccc45)cc3)cc2)cc1.c1ccc(-c2ccc(N(c3ccccc3)c3ccc(-c4ccc(-c5ccc6c(c5)oc5ccccc56)cc4)cc3)cc2)cc1.c1ccc(N(c2ccccc2)c2ccc(-c3ccc(-c4ccc5c(c4)oc4ccccc45)cc3)cc2)cc1. The van der Waals surface area contributed by atoms with Crippen LogP contribution < -0.4 is 14.7 Å². The minimum atomic E-state index is 0.894. The van der Waals surface area contributed by atoms with Gasteiger partial charge in [0.1, 0.15) is 33.5 Å². The number of anilines is 9. The first-order valence-corrected chi connectivity index (χ1v) is 44.8. The van der Waals surface area contributed by atoms with Gasteiger partial charge in [0.25, 0.3) is 0 Å². The van der Waals surface area contributed by atoms with Crippen LogP contribution in [0.15, 0.2) is 541 Å². The highest BCUT2D eigenvalue weighted by atomic mass is 16.3. The number of furan rings is 3. The van der Waals surface area contributed by atoms with Gasteiger partial charge in [0.2, 0.25) is 0 Å². The highest BCUT2D eigenvalue weighted by Gasteiger charge is 2.20. The lowest BCUT2D eigenvalue weighted by Crippen LogP contribution is -2.09. The molecule has 624 valence electrons. The number of nitrogens with zero attached hydrogens (tertiary/aromatic N) is 3. The molecule has 0 bridgehead atoms. The topological polar surface area (TPSA) is 49.1 Å².